The van der Waals surface area contributed by atoms with E-state index in [0.29, 0.717) is 66.4 Å². The summed E-state index contributed by atoms with van der Waals surface area (Å²) >= 11 is 0. The molecule has 0 spiro atoms. The number of methoxy groups -OCH3 is 2. The monoisotopic (exact) mass is 792 g/mol. The number of hydrogen-bond acceptors (Lipinski definition) is 9. The first-order chi connectivity index (χ1) is 26.5. The van der Waals surface area contributed by atoms with Gasteiger partial charge in [-0.3, -0.25) is 24.0 Å². The van der Waals surface area contributed by atoms with Crippen molar-refractivity contribution in [1.82, 2.24) is 31.5 Å². The van der Waals surface area contributed by atoms with Crippen molar-refractivity contribution in [2.45, 2.75) is 83.1 Å². The summed E-state index contributed by atoms with van der Waals surface area (Å²) in [5.74, 6) is -0.349. The van der Waals surface area contributed by atoms with Crippen molar-refractivity contribution in [2.24, 2.45) is 0 Å². The topological polar surface area (TPSA) is 176 Å². The number of amides is 5. The summed E-state index contributed by atoms with van der Waals surface area (Å²) in [7, 11) is 3.01. The van der Waals surface area contributed by atoms with E-state index in [9.17, 15) is 24.0 Å². The second-order valence-corrected chi connectivity index (χ2v) is 14.0. The third-order valence-corrected chi connectivity index (χ3v) is 9.79. The molecule has 302 valence electrons. The van der Waals surface area contributed by atoms with Gasteiger partial charge in [0.15, 0.2) is 11.5 Å². The second-order valence-electron chi connectivity index (χ2n) is 14.0. The van der Waals surface area contributed by atoms with Crippen LogP contribution in [0.25, 0.3) is 0 Å². The van der Waals surface area contributed by atoms with E-state index < -0.39 is 35.8 Å². The zero-order chi connectivity index (χ0) is 39.3. The molecule has 0 radical (unpaired) electrons. The van der Waals surface area contributed by atoms with Crippen LogP contribution in [0.5, 0.6) is 23.0 Å². The first-order valence-corrected chi connectivity index (χ1v) is 18.8. The van der Waals surface area contributed by atoms with E-state index in [2.05, 4.69) is 26.6 Å². The number of ether oxygens (including phenoxy) is 3. The number of rotatable bonds is 6. The van der Waals surface area contributed by atoms with E-state index in [1.54, 1.807) is 43.3 Å². The van der Waals surface area contributed by atoms with Gasteiger partial charge < -0.3 is 45.7 Å². The van der Waals surface area contributed by atoms with Gasteiger partial charge in [-0.05, 0) is 88.3 Å². The van der Waals surface area contributed by atoms with Crippen LogP contribution in [0.1, 0.15) is 67.4 Å². The second kappa shape index (κ2) is 21.1. The van der Waals surface area contributed by atoms with Gasteiger partial charge in [-0.1, -0.05) is 30.3 Å². The Morgan fingerprint density at radius 1 is 0.857 bits per heavy atom. The van der Waals surface area contributed by atoms with Crippen molar-refractivity contribution in [2.75, 3.05) is 33.9 Å². The standard InChI is InChI=1S/C41H52N6O8.ClH/c1-26-12-17-33(44-26)41(52)47-21-9-8-20-42-39(50)29-15-19-34(53-3)36(22-29)55-31-16-14-30(35(23-31)54-4)24-43-38(49)27(2)45-40(51)32(46-37(48)25-47)18-13-28-10-6-5-7-11-28;/h5-7,10-11,14-16,19,22-23,26-27,32-33,44H,8-9,12-13,17-18,20-21,24-25H2,1-4H3,(H,42,50)(H,43,49)(H,45,51)(H,46,48);1H/t26-,27-,32-,33-;/m0./s1. The highest BCUT2D eigenvalue weighted by Gasteiger charge is 2.32. The van der Waals surface area contributed by atoms with Gasteiger partial charge in [0.25, 0.3) is 5.91 Å². The number of fused-ring (bicyclic) bond motifs is 18. The Kier molecular flexibility index (Phi) is 16.3. The Labute approximate surface area is 334 Å². The van der Waals surface area contributed by atoms with E-state index in [1.165, 1.54) is 19.1 Å². The number of nitrogens with zero attached hydrogens (tertiary/aromatic N) is 1. The summed E-state index contributed by atoms with van der Waals surface area (Å²) < 4.78 is 17.2. The van der Waals surface area contributed by atoms with Gasteiger partial charge in [0.1, 0.15) is 23.6 Å². The van der Waals surface area contributed by atoms with Crippen molar-refractivity contribution in [1.29, 1.82) is 0 Å². The van der Waals surface area contributed by atoms with Crippen LogP contribution in [0.3, 0.4) is 0 Å². The first-order valence-electron chi connectivity index (χ1n) is 18.8. The van der Waals surface area contributed by atoms with Gasteiger partial charge in [0.2, 0.25) is 23.6 Å². The third-order valence-electron chi connectivity index (χ3n) is 9.79. The summed E-state index contributed by atoms with van der Waals surface area (Å²) in [6.45, 7) is 4.03. The van der Waals surface area contributed by atoms with Gasteiger partial charge in [0.05, 0.1) is 26.8 Å². The van der Waals surface area contributed by atoms with Gasteiger partial charge in [-0.25, -0.2) is 0 Å². The minimum atomic E-state index is -0.974. The van der Waals surface area contributed by atoms with Crippen LogP contribution in [0.4, 0.5) is 0 Å². The number of aryl methyl sites for hydroxylation is 1. The van der Waals surface area contributed by atoms with Crippen molar-refractivity contribution < 1.29 is 38.2 Å². The zero-order valence-electron chi connectivity index (χ0n) is 32.4. The molecule has 4 bridgehead atoms. The normalized spacial score (nSPS) is 21.5. The molecule has 0 saturated carbocycles. The number of halogens is 1. The van der Waals surface area contributed by atoms with Crippen molar-refractivity contribution in [3.63, 3.8) is 0 Å². The molecule has 14 nitrogen and oxygen atoms in total. The summed E-state index contributed by atoms with van der Waals surface area (Å²) in [6, 6.07) is 17.4. The lowest BCUT2D eigenvalue weighted by Crippen LogP contribution is -2.55. The molecule has 15 heteroatoms. The Morgan fingerprint density at radius 2 is 1.62 bits per heavy atom. The van der Waals surface area contributed by atoms with Gasteiger partial charge in [-0.15, -0.1) is 12.4 Å². The van der Waals surface area contributed by atoms with Gasteiger partial charge >= 0.3 is 0 Å². The predicted octanol–water partition coefficient (Wildman–Crippen LogP) is 3.65. The lowest BCUT2D eigenvalue weighted by atomic mass is 10.0. The molecule has 3 aliphatic heterocycles. The summed E-state index contributed by atoms with van der Waals surface area (Å²) in [4.78, 5) is 69.0. The molecular weight excluding hydrogens is 740 g/mol. The maximum absolute atomic E-state index is 13.7. The number of carbonyl (C=O) groups is 5. The molecule has 4 atom stereocenters. The Morgan fingerprint density at radius 3 is 2.34 bits per heavy atom. The highest BCUT2D eigenvalue weighted by atomic mass is 35.5. The minimum absolute atomic E-state index is 0. The molecule has 6 rings (SSSR count). The fourth-order valence-corrected chi connectivity index (χ4v) is 6.65. The Balaban J connectivity index is 0.00000696. The van der Waals surface area contributed by atoms with E-state index in [0.717, 1.165) is 12.0 Å². The smallest absolute Gasteiger partial charge is 0.251 e. The first kappa shape index (κ1) is 43.4. The molecule has 1 saturated heterocycles. The number of hydrogen-bond donors (Lipinski definition) is 5. The summed E-state index contributed by atoms with van der Waals surface area (Å²) in [5, 5.41) is 14.7. The fraction of sp³-hybridized carbons (Fsp3) is 0.439. The van der Waals surface area contributed by atoms with Crippen LogP contribution >= 0.6 is 12.4 Å². The molecule has 56 heavy (non-hydrogen) atoms. The van der Waals surface area contributed by atoms with Crippen LogP contribution in [-0.4, -0.2) is 92.5 Å². The molecule has 3 heterocycles. The molecule has 5 N–H and O–H groups in total. The third kappa shape index (κ3) is 12.1. The van der Waals surface area contributed by atoms with Crippen molar-refractivity contribution in [3.8, 4) is 23.0 Å². The number of benzene rings is 3. The number of carbonyl (C=O) groups excluding carboxylic acids is 5. The van der Waals surface area contributed by atoms with Gasteiger partial charge in [-0.2, -0.15) is 0 Å². The average molecular weight is 793 g/mol. The molecule has 1 fully saturated rings. The van der Waals surface area contributed by atoms with Crippen LogP contribution in [0.15, 0.2) is 66.7 Å². The SMILES string of the molecule is COc1cc2ccc1CNC(=O)[C@H](C)NC(=O)[C@H](CCc1ccccc1)NC(=O)CN(C(=O)[C@@H]1CC[C@H](C)N1)CCCCNC(=O)c1ccc(OC)c(c1)O2.Cl. The van der Waals surface area contributed by atoms with Crippen molar-refractivity contribution in [3.05, 3.63) is 83.4 Å². The Hall–Kier alpha value is -5.34. The van der Waals surface area contributed by atoms with Crippen LogP contribution in [0.2, 0.25) is 0 Å². The molecule has 0 aliphatic carbocycles. The van der Waals surface area contributed by atoms with Crippen LogP contribution < -0.4 is 40.8 Å². The highest BCUT2D eigenvalue weighted by Crippen LogP contribution is 2.35. The fourth-order valence-electron chi connectivity index (χ4n) is 6.65. The lowest BCUT2D eigenvalue weighted by molar-refractivity contribution is -0.138. The van der Waals surface area contributed by atoms with E-state index >= 15 is 0 Å². The number of nitrogens with one attached hydrogen (secondary N) is 5. The maximum Gasteiger partial charge on any atom is 0.251 e. The predicted molar refractivity (Wildman–Crippen MR) is 213 cm³/mol. The summed E-state index contributed by atoms with van der Waals surface area (Å²) in [5.41, 5.74) is 2.00. The van der Waals surface area contributed by atoms with Crippen molar-refractivity contribution >= 4 is 41.9 Å². The highest BCUT2D eigenvalue weighted by molar-refractivity contribution is 5.95. The molecule has 0 aromatic heterocycles. The van der Waals surface area contributed by atoms with E-state index in [1.807, 2.05) is 37.3 Å². The molecule has 3 aliphatic rings. The molecule has 0 unspecified atom stereocenters. The maximum atomic E-state index is 13.7. The quantitative estimate of drug-likeness (QED) is 0.234. The largest absolute Gasteiger partial charge is 0.496 e. The van der Waals surface area contributed by atoms with E-state index in [-0.39, 0.29) is 56.3 Å². The molecule has 3 aromatic carbocycles. The van der Waals surface area contributed by atoms with E-state index in [4.69, 9.17) is 14.2 Å². The zero-order valence-corrected chi connectivity index (χ0v) is 33.2. The summed E-state index contributed by atoms with van der Waals surface area (Å²) in [6.07, 6.45) is 3.31. The molecule has 5 amide bonds. The molecule has 3 aromatic rings. The van der Waals surface area contributed by atoms with Crippen LogP contribution in [0, 0.1) is 0 Å². The Bertz CT molecular complexity index is 1830. The van der Waals surface area contributed by atoms with Gasteiger partial charge in [0, 0.05) is 42.9 Å². The minimum Gasteiger partial charge on any atom is -0.496 e. The van der Waals surface area contributed by atoms with Crippen LogP contribution in [-0.2, 0) is 32.1 Å². The lowest BCUT2D eigenvalue weighted by Gasteiger charge is -2.27. The molecular formula is C41H53ClN6O8. The average Bonchev–Trinajstić information content (AvgIpc) is 3.63.